The van der Waals surface area contributed by atoms with Crippen molar-refractivity contribution in [3.63, 3.8) is 0 Å². The van der Waals surface area contributed by atoms with Gasteiger partial charge in [0.15, 0.2) is 0 Å². The van der Waals surface area contributed by atoms with Crippen molar-refractivity contribution in [2.24, 2.45) is 0 Å². The van der Waals surface area contributed by atoms with Crippen LogP contribution in [0.25, 0.3) is 6.08 Å². The van der Waals surface area contributed by atoms with Crippen LogP contribution in [-0.4, -0.2) is 25.0 Å². The van der Waals surface area contributed by atoms with Gasteiger partial charge in [0.1, 0.15) is 11.3 Å². The van der Waals surface area contributed by atoms with E-state index >= 15 is 0 Å². The van der Waals surface area contributed by atoms with Crippen LogP contribution in [0, 0.1) is 0 Å². The van der Waals surface area contributed by atoms with Gasteiger partial charge in [-0.25, -0.2) is 9.69 Å². The lowest BCUT2D eigenvalue weighted by Crippen LogP contribution is -2.54. The summed E-state index contributed by atoms with van der Waals surface area (Å²) in [6.45, 7) is 0. The number of carbonyl (C=O) groups is 3. The molecule has 0 saturated carbocycles. The van der Waals surface area contributed by atoms with E-state index in [0.717, 1.165) is 4.90 Å². The fourth-order valence-corrected chi connectivity index (χ4v) is 2.34. The van der Waals surface area contributed by atoms with Crippen molar-refractivity contribution in [2.75, 3.05) is 12.0 Å². The maximum absolute atomic E-state index is 12.7. The monoisotopic (exact) mass is 322 g/mol. The lowest BCUT2D eigenvalue weighted by Gasteiger charge is -2.26. The second kappa shape index (κ2) is 6.37. The number of nitrogens with one attached hydrogen (secondary N) is 1. The number of hydrogen-bond acceptors (Lipinski definition) is 4. The summed E-state index contributed by atoms with van der Waals surface area (Å²) in [6, 6.07) is 14.6. The summed E-state index contributed by atoms with van der Waals surface area (Å²) < 4.78 is 5.06. The Kier molecular flexibility index (Phi) is 4.11. The summed E-state index contributed by atoms with van der Waals surface area (Å²) in [7, 11) is 1.52. The number of anilines is 1. The molecule has 120 valence electrons. The molecule has 24 heavy (non-hydrogen) atoms. The number of amides is 4. The molecule has 0 unspecified atom stereocenters. The van der Waals surface area contributed by atoms with Crippen molar-refractivity contribution >= 4 is 29.6 Å². The summed E-state index contributed by atoms with van der Waals surface area (Å²) in [5, 5.41) is 2.18. The Morgan fingerprint density at radius 1 is 0.958 bits per heavy atom. The molecule has 0 aliphatic carbocycles. The minimum absolute atomic E-state index is 0.100. The molecule has 6 nitrogen and oxygen atoms in total. The van der Waals surface area contributed by atoms with Gasteiger partial charge in [0.2, 0.25) is 0 Å². The van der Waals surface area contributed by atoms with Gasteiger partial charge in [-0.05, 0) is 35.9 Å². The number of ether oxygens (including phenoxy) is 1. The van der Waals surface area contributed by atoms with E-state index in [1.807, 2.05) is 6.07 Å². The molecule has 0 radical (unpaired) electrons. The van der Waals surface area contributed by atoms with Crippen LogP contribution in [0.3, 0.4) is 0 Å². The molecule has 3 rings (SSSR count). The average molecular weight is 322 g/mol. The molecule has 1 aliphatic rings. The van der Waals surface area contributed by atoms with Crippen molar-refractivity contribution in [3.8, 4) is 5.75 Å². The summed E-state index contributed by atoms with van der Waals surface area (Å²) in [5.74, 6) is -0.781. The number of nitrogens with zero attached hydrogens (tertiary/aromatic N) is 1. The van der Waals surface area contributed by atoms with Crippen LogP contribution in [0.4, 0.5) is 10.5 Å². The van der Waals surface area contributed by atoms with E-state index in [4.69, 9.17) is 4.74 Å². The molecule has 2 aromatic carbocycles. The van der Waals surface area contributed by atoms with Gasteiger partial charge in [0.05, 0.1) is 12.8 Å². The third-order valence-corrected chi connectivity index (χ3v) is 3.54. The predicted octanol–water partition coefficient (Wildman–Crippen LogP) is 2.36. The lowest BCUT2D eigenvalue weighted by molar-refractivity contribution is -0.122. The van der Waals surface area contributed by atoms with Crippen LogP contribution in [0.5, 0.6) is 5.75 Å². The molecule has 1 heterocycles. The first-order valence-corrected chi connectivity index (χ1v) is 7.20. The van der Waals surface area contributed by atoms with Crippen molar-refractivity contribution in [3.05, 3.63) is 65.7 Å². The van der Waals surface area contributed by atoms with Gasteiger partial charge < -0.3 is 4.74 Å². The highest BCUT2D eigenvalue weighted by Gasteiger charge is 2.36. The Morgan fingerprint density at radius 2 is 1.62 bits per heavy atom. The Hall–Kier alpha value is -3.41. The number of rotatable bonds is 3. The van der Waals surface area contributed by atoms with Crippen LogP contribution < -0.4 is 15.0 Å². The molecule has 0 aromatic heterocycles. The zero-order chi connectivity index (χ0) is 17.1. The molecule has 0 bridgehead atoms. The van der Waals surface area contributed by atoms with Crippen molar-refractivity contribution in [1.29, 1.82) is 0 Å². The van der Waals surface area contributed by atoms with Gasteiger partial charge in [-0.3, -0.25) is 14.9 Å². The smallest absolute Gasteiger partial charge is 0.335 e. The number of benzene rings is 2. The number of methoxy groups -OCH3 is 1. The number of urea groups is 1. The number of imide groups is 2. The quantitative estimate of drug-likeness (QED) is 0.695. The van der Waals surface area contributed by atoms with Gasteiger partial charge in [0.25, 0.3) is 11.8 Å². The van der Waals surface area contributed by atoms with Gasteiger partial charge in [-0.15, -0.1) is 0 Å². The van der Waals surface area contributed by atoms with Crippen LogP contribution in [0.2, 0.25) is 0 Å². The second-order valence-electron chi connectivity index (χ2n) is 5.07. The topological polar surface area (TPSA) is 75.7 Å². The maximum Gasteiger partial charge on any atom is 0.335 e. The maximum atomic E-state index is 12.7. The molecular formula is C18H14N2O4. The fourth-order valence-electron chi connectivity index (χ4n) is 2.34. The van der Waals surface area contributed by atoms with Gasteiger partial charge in [-0.2, -0.15) is 0 Å². The molecule has 1 N–H and O–H groups in total. The molecule has 1 saturated heterocycles. The van der Waals surface area contributed by atoms with Crippen molar-refractivity contribution in [2.45, 2.75) is 0 Å². The average Bonchev–Trinajstić information content (AvgIpc) is 2.60. The SMILES string of the molecule is COc1ccc(N2C(=O)NC(=O)/C(=C\c3ccccc3)C2=O)cc1. The molecule has 0 atom stereocenters. The zero-order valence-electron chi connectivity index (χ0n) is 12.9. The van der Waals surface area contributed by atoms with E-state index in [-0.39, 0.29) is 5.57 Å². The van der Waals surface area contributed by atoms with Crippen LogP contribution in [0.15, 0.2) is 60.2 Å². The second-order valence-corrected chi connectivity index (χ2v) is 5.07. The van der Waals surface area contributed by atoms with E-state index in [0.29, 0.717) is 17.0 Å². The number of carbonyl (C=O) groups excluding carboxylic acids is 3. The molecule has 1 fully saturated rings. The zero-order valence-corrected chi connectivity index (χ0v) is 12.9. The first kappa shape index (κ1) is 15.5. The van der Waals surface area contributed by atoms with E-state index < -0.39 is 17.8 Å². The highest BCUT2D eigenvalue weighted by atomic mass is 16.5. The third kappa shape index (κ3) is 2.89. The van der Waals surface area contributed by atoms with Gasteiger partial charge in [0, 0.05) is 0 Å². The number of barbiturate groups is 1. The highest BCUT2D eigenvalue weighted by Crippen LogP contribution is 2.24. The molecule has 2 aromatic rings. The fraction of sp³-hybridized carbons (Fsp3) is 0.0556. The Morgan fingerprint density at radius 3 is 2.25 bits per heavy atom. The Bertz CT molecular complexity index is 826. The largest absolute Gasteiger partial charge is 0.497 e. The van der Waals surface area contributed by atoms with E-state index in [2.05, 4.69) is 5.32 Å². The van der Waals surface area contributed by atoms with Crippen LogP contribution >= 0.6 is 0 Å². The lowest BCUT2D eigenvalue weighted by atomic mass is 10.1. The highest BCUT2D eigenvalue weighted by molar-refractivity contribution is 6.39. The normalized spacial score (nSPS) is 16.3. The Labute approximate surface area is 138 Å². The van der Waals surface area contributed by atoms with Crippen LogP contribution in [0.1, 0.15) is 5.56 Å². The molecule has 1 aliphatic heterocycles. The summed E-state index contributed by atoms with van der Waals surface area (Å²) in [5.41, 5.74) is 0.946. The summed E-state index contributed by atoms with van der Waals surface area (Å²) in [6.07, 6.45) is 1.46. The first-order valence-electron chi connectivity index (χ1n) is 7.20. The van der Waals surface area contributed by atoms with Crippen molar-refractivity contribution in [1.82, 2.24) is 5.32 Å². The van der Waals surface area contributed by atoms with E-state index in [1.165, 1.54) is 13.2 Å². The molecule has 0 spiro atoms. The number of hydrogen-bond donors (Lipinski definition) is 1. The molecule has 4 amide bonds. The minimum atomic E-state index is -0.777. The van der Waals surface area contributed by atoms with E-state index in [9.17, 15) is 14.4 Å². The Balaban J connectivity index is 1.98. The first-order chi connectivity index (χ1) is 11.6. The minimum Gasteiger partial charge on any atom is -0.497 e. The van der Waals surface area contributed by atoms with Gasteiger partial charge in [-0.1, -0.05) is 30.3 Å². The third-order valence-electron chi connectivity index (χ3n) is 3.54. The van der Waals surface area contributed by atoms with Gasteiger partial charge >= 0.3 is 6.03 Å². The van der Waals surface area contributed by atoms with Crippen molar-refractivity contribution < 1.29 is 19.1 Å². The predicted molar refractivity (Wildman–Crippen MR) is 88.4 cm³/mol. The molecular weight excluding hydrogens is 308 g/mol. The van der Waals surface area contributed by atoms with E-state index in [1.54, 1.807) is 48.5 Å². The standard InChI is InChI=1S/C18H14N2O4/c1-24-14-9-7-13(8-10-14)20-17(22)15(16(21)19-18(20)23)11-12-5-3-2-4-6-12/h2-11H,1H3,(H,19,21,23)/b15-11+. The van der Waals surface area contributed by atoms with Crippen LogP contribution in [-0.2, 0) is 9.59 Å². The summed E-state index contributed by atoms with van der Waals surface area (Å²) >= 11 is 0. The summed E-state index contributed by atoms with van der Waals surface area (Å²) in [4.78, 5) is 37.7. The molecule has 6 heteroatoms.